The van der Waals surface area contributed by atoms with Crippen LogP contribution in [-0.4, -0.2) is 15.0 Å². The average Bonchev–Trinajstić information content (AvgIpc) is 2.68. The van der Waals surface area contributed by atoms with Crippen molar-refractivity contribution in [3.63, 3.8) is 0 Å². The highest BCUT2D eigenvalue weighted by Gasteiger charge is 2.16. The van der Waals surface area contributed by atoms with Crippen molar-refractivity contribution in [2.24, 2.45) is 0 Å². The minimum absolute atomic E-state index is 0.195. The normalized spacial score (nSPS) is 12.7. The first-order valence-corrected chi connectivity index (χ1v) is 10.9. The Labute approximate surface area is 164 Å². The van der Waals surface area contributed by atoms with Crippen LogP contribution in [0.3, 0.4) is 0 Å². The van der Waals surface area contributed by atoms with Gasteiger partial charge in [0.15, 0.2) is 0 Å². The lowest BCUT2D eigenvalue weighted by molar-refractivity contribution is 0.581. The van der Waals surface area contributed by atoms with Crippen LogP contribution in [0.25, 0.3) is 0 Å². The highest BCUT2D eigenvalue weighted by Crippen LogP contribution is 2.28. The van der Waals surface area contributed by atoms with Crippen molar-refractivity contribution < 1.29 is 8.42 Å². The molecule has 134 valence electrons. The highest BCUT2D eigenvalue weighted by molar-refractivity contribution is 7.99. The largest absolute Gasteiger partial charge is 0.240 e. The molecular weight excluding hydrogens is 382 g/mol. The Morgan fingerprint density at radius 1 is 0.808 bits per heavy atom. The Morgan fingerprint density at radius 2 is 1.35 bits per heavy atom. The second-order valence-corrected chi connectivity index (χ2v) is 9.20. The van der Waals surface area contributed by atoms with Crippen LogP contribution in [0.2, 0.25) is 0 Å². The maximum atomic E-state index is 12.5. The van der Waals surface area contributed by atoms with E-state index in [2.05, 4.69) is 17.4 Å². The van der Waals surface area contributed by atoms with E-state index < -0.39 is 10.0 Å². The zero-order valence-electron chi connectivity index (χ0n) is 13.9. The third-order valence-corrected chi connectivity index (χ3v) is 6.70. The van der Waals surface area contributed by atoms with E-state index in [4.69, 9.17) is 0 Å². The second kappa shape index (κ2) is 8.77. The second-order valence-electron chi connectivity index (χ2n) is 5.66. The van der Waals surface area contributed by atoms with Crippen LogP contribution in [0, 0.1) is 0 Å². The summed E-state index contributed by atoms with van der Waals surface area (Å²) in [6, 6.07) is 26.5. The number of hydrogen-bond acceptors (Lipinski definition) is 4. The number of sulfonamides is 1. The third-order valence-electron chi connectivity index (χ3n) is 3.76. The molecule has 3 aromatic rings. The fraction of sp³-hybridized carbons (Fsp3) is 0.100. The van der Waals surface area contributed by atoms with E-state index >= 15 is 0 Å². The van der Waals surface area contributed by atoms with Crippen LogP contribution >= 0.6 is 24.4 Å². The van der Waals surface area contributed by atoms with Gasteiger partial charge in [-0.2, -0.15) is 12.6 Å². The predicted molar refractivity (Wildman–Crippen MR) is 110 cm³/mol. The van der Waals surface area contributed by atoms with Crippen LogP contribution in [0.4, 0.5) is 0 Å². The van der Waals surface area contributed by atoms with Crippen molar-refractivity contribution in [2.75, 3.05) is 6.54 Å². The summed E-state index contributed by atoms with van der Waals surface area (Å²) >= 11 is 6.08. The van der Waals surface area contributed by atoms with Gasteiger partial charge in [-0.25, -0.2) is 13.1 Å². The first kappa shape index (κ1) is 19.0. The molecule has 3 aromatic carbocycles. The molecule has 0 saturated carbocycles. The highest BCUT2D eigenvalue weighted by atomic mass is 32.2. The van der Waals surface area contributed by atoms with Gasteiger partial charge >= 0.3 is 0 Å². The van der Waals surface area contributed by atoms with Crippen molar-refractivity contribution in [3.8, 4) is 0 Å². The lowest BCUT2D eigenvalue weighted by atomic mass is 10.1. The lowest BCUT2D eigenvalue weighted by Crippen LogP contribution is -2.27. The van der Waals surface area contributed by atoms with Crippen molar-refractivity contribution in [1.29, 1.82) is 0 Å². The van der Waals surface area contributed by atoms with Crippen molar-refractivity contribution in [3.05, 3.63) is 90.5 Å². The van der Waals surface area contributed by atoms with Crippen LogP contribution < -0.4 is 4.72 Å². The van der Waals surface area contributed by atoms with Crippen molar-refractivity contribution in [2.45, 2.75) is 19.9 Å². The smallest absolute Gasteiger partial charge is 0.210 e. The number of nitrogens with one attached hydrogen (secondary N) is 1. The van der Waals surface area contributed by atoms with Gasteiger partial charge in [-0.15, -0.1) is 0 Å². The number of rotatable bonds is 7. The molecule has 6 heteroatoms. The van der Waals surface area contributed by atoms with E-state index in [0.717, 1.165) is 15.4 Å². The summed E-state index contributed by atoms with van der Waals surface area (Å²) in [5.74, 6) is 0. The molecule has 1 atom stereocenters. The average molecular weight is 402 g/mol. The molecule has 0 heterocycles. The van der Waals surface area contributed by atoms with Gasteiger partial charge in [0.2, 0.25) is 10.0 Å². The topological polar surface area (TPSA) is 46.2 Å². The van der Waals surface area contributed by atoms with Gasteiger partial charge in [-0.1, -0.05) is 60.3 Å². The molecule has 0 aliphatic rings. The Hall–Kier alpha value is -1.73. The Kier molecular flexibility index (Phi) is 6.43. The van der Waals surface area contributed by atoms with Gasteiger partial charge in [-0.3, -0.25) is 0 Å². The van der Waals surface area contributed by atoms with Crippen LogP contribution in [0.15, 0.2) is 99.6 Å². The molecule has 26 heavy (non-hydrogen) atoms. The van der Waals surface area contributed by atoms with Crippen molar-refractivity contribution >= 4 is 34.4 Å². The Bertz CT molecular complexity index is 928. The van der Waals surface area contributed by atoms with E-state index in [-0.39, 0.29) is 16.7 Å². The van der Waals surface area contributed by atoms with Crippen molar-refractivity contribution in [1.82, 2.24) is 4.72 Å². The molecule has 0 aliphatic heterocycles. The van der Waals surface area contributed by atoms with E-state index in [1.807, 2.05) is 72.8 Å². The van der Waals surface area contributed by atoms with E-state index in [1.165, 1.54) is 0 Å². The SMILES string of the molecule is O=S(=O)(NCC(S)c1ccccc1)c1ccc(Sc2ccccc2)cc1. The Balaban J connectivity index is 1.64. The molecule has 3 rings (SSSR count). The molecule has 0 saturated heterocycles. The first-order valence-electron chi connectivity index (χ1n) is 8.10. The molecule has 1 unspecified atom stereocenters. The number of hydrogen-bond donors (Lipinski definition) is 2. The zero-order valence-corrected chi connectivity index (χ0v) is 16.5. The molecular formula is C20H19NO2S3. The maximum Gasteiger partial charge on any atom is 0.240 e. The molecule has 0 fully saturated rings. The van der Waals surface area contributed by atoms with Gasteiger partial charge < -0.3 is 0 Å². The molecule has 3 nitrogen and oxygen atoms in total. The minimum Gasteiger partial charge on any atom is -0.210 e. The lowest BCUT2D eigenvalue weighted by Gasteiger charge is -2.13. The minimum atomic E-state index is -3.56. The van der Waals surface area contributed by atoms with Gasteiger partial charge in [0, 0.05) is 21.6 Å². The Morgan fingerprint density at radius 3 is 1.96 bits per heavy atom. The summed E-state index contributed by atoms with van der Waals surface area (Å²) < 4.78 is 27.6. The fourth-order valence-electron chi connectivity index (χ4n) is 2.38. The quantitative estimate of drug-likeness (QED) is 0.560. The summed E-state index contributed by atoms with van der Waals surface area (Å²) in [7, 11) is -3.56. The summed E-state index contributed by atoms with van der Waals surface area (Å²) in [5.41, 5.74) is 0.980. The van der Waals surface area contributed by atoms with E-state index in [9.17, 15) is 8.42 Å². The third kappa shape index (κ3) is 5.14. The molecule has 0 spiro atoms. The maximum absolute atomic E-state index is 12.5. The molecule has 1 N–H and O–H groups in total. The van der Waals surface area contributed by atoms with Gasteiger partial charge in [0.25, 0.3) is 0 Å². The number of benzene rings is 3. The van der Waals surface area contributed by atoms with Gasteiger partial charge in [0.05, 0.1) is 4.90 Å². The van der Waals surface area contributed by atoms with Crippen LogP contribution in [-0.2, 0) is 10.0 Å². The van der Waals surface area contributed by atoms with Gasteiger partial charge in [-0.05, 0) is 42.0 Å². The standard InChI is InChI=1S/C20H19NO2S3/c22-26(23,21-15-20(24)16-7-3-1-4-8-16)19-13-11-18(12-14-19)25-17-9-5-2-6-10-17/h1-14,20-21,24H,15H2. The molecule has 0 bridgehead atoms. The van der Waals surface area contributed by atoms with Crippen LogP contribution in [0.5, 0.6) is 0 Å². The van der Waals surface area contributed by atoms with E-state index in [0.29, 0.717) is 0 Å². The fourth-order valence-corrected chi connectivity index (χ4v) is 4.65. The van der Waals surface area contributed by atoms with E-state index in [1.54, 1.807) is 23.9 Å². The monoisotopic (exact) mass is 401 g/mol. The molecule has 0 radical (unpaired) electrons. The number of thiol groups is 1. The summed E-state index contributed by atoms with van der Waals surface area (Å²) in [6.45, 7) is 0.232. The first-order chi connectivity index (χ1) is 12.5. The molecule has 0 aliphatic carbocycles. The zero-order chi connectivity index (χ0) is 18.4. The van der Waals surface area contributed by atoms with Gasteiger partial charge in [0.1, 0.15) is 0 Å². The summed E-state index contributed by atoms with van der Waals surface area (Å²) in [5, 5.41) is -0.195. The predicted octanol–water partition coefficient (Wildman–Crippen LogP) is 4.79. The molecule has 0 amide bonds. The van der Waals surface area contributed by atoms with Crippen LogP contribution in [0.1, 0.15) is 10.8 Å². The molecule has 0 aromatic heterocycles. The summed E-state index contributed by atoms with van der Waals surface area (Å²) in [4.78, 5) is 2.36. The summed E-state index contributed by atoms with van der Waals surface area (Å²) in [6.07, 6.45) is 0.